The Labute approximate surface area is 236 Å². The second kappa shape index (κ2) is 14.8. The molecule has 2 aliphatic rings. The third-order valence-electron chi connectivity index (χ3n) is 7.05. The van der Waals surface area contributed by atoms with Gasteiger partial charge in [-0.25, -0.2) is 0 Å². The van der Waals surface area contributed by atoms with Crippen LogP contribution in [0.1, 0.15) is 48.9 Å². The summed E-state index contributed by atoms with van der Waals surface area (Å²) in [6, 6.07) is 2.43. The fourth-order valence-electron chi connectivity index (χ4n) is 5.08. The summed E-state index contributed by atoms with van der Waals surface area (Å²) in [7, 11) is 3.00. The van der Waals surface area contributed by atoms with Gasteiger partial charge in [0.2, 0.25) is 11.8 Å². The molecule has 3 atom stereocenters. The van der Waals surface area contributed by atoms with Gasteiger partial charge in [-0.15, -0.1) is 0 Å². The van der Waals surface area contributed by atoms with Crippen LogP contribution in [0, 0.1) is 9.49 Å². The van der Waals surface area contributed by atoms with Crippen LogP contribution >= 0.6 is 22.6 Å². The molecule has 210 valence electrons. The first-order chi connectivity index (χ1) is 18.3. The molecule has 11 heteroatoms. The Kier molecular flexibility index (Phi) is 11.8. The van der Waals surface area contributed by atoms with Gasteiger partial charge in [-0.05, 0) is 59.6 Å². The molecule has 1 aromatic rings. The van der Waals surface area contributed by atoms with Crippen molar-refractivity contribution >= 4 is 40.7 Å². The maximum atomic E-state index is 13.5. The van der Waals surface area contributed by atoms with Crippen molar-refractivity contribution in [3.8, 4) is 11.5 Å². The lowest BCUT2D eigenvalue weighted by molar-refractivity contribution is -0.140. The van der Waals surface area contributed by atoms with Gasteiger partial charge >= 0.3 is 0 Å². The van der Waals surface area contributed by atoms with Crippen molar-refractivity contribution in [2.45, 2.75) is 56.8 Å². The second-order valence-electron chi connectivity index (χ2n) is 9.60. The van der Waals surface area contributed by atoms with Crippen LogP contribution in [-0.4, -0.2) is 92.0 Å². The van der Waals surface area contributed by atoms with Crippen molar-refractivity contribution in [1.29, 1.82) is 0 Å². The van der Waals surface area contributed by atoms with E-state index in [0.29, 0.717) is 44.8 Å². The van der Waals surface area contributed by atoms with Crippen LogP contribution in [0.25, 0.3) is 0 Å². The van der Waals surface area contributed by atoms with E-state index in [2.05, 4.69) is 5.32 Å². The van der Waals surface area contributed by atoms with E-state index in [-0.39, 0.29) is 38.6 Å². The van der Waals surface area contributed by atoms with E-state index in [1.165, 1.54) is 13.2 Å². The molecule has 3 rings (SSSR count). The summed E-state index contributed by atoms with van der Waals surface area (Å²) in [6.07, 6.45) is 4.85. The van der Waals surface area contributed by atoms with Crippen LogP contribution in [0.3, 0.4) is 0 Å². The Morgan fingerprint density at radius 3 is 2.61 bits per heavy atom. The number of nitrogens with zero attached hydrogens (tertiary/aromatic N) is 1. The van der Waals surface area contributed by atoms with Gasteiger partial charge in [0.15, 0.2) is 11.5 Å². The number of aldehydes is 1. The molecule has 2 amide bonds. The van der Waals surface area contributed by atoms with E-state index in [9.17, 15) is 24.6 Å². The van der Waals surface area contributed by atoms with Crippen LogP contribution in [0.2, 0.25) is 0 Å². The van der Waals surface area contributed by atoms with Crippen LogP contribution in [-0.2, 0) is 14.3 Å². The number of carbonyl (C=O) groups excluding carboxylic acids is 3. The normalized spacial score (nSPS) is 21.5. The van der Waals surface area contributed by atoms with E-state index >= 15 is 0 Å². The average molecular weight is 645 g/mol. The van der Waals surface area contributed by atoms with Crippen LogP contribution < -0.4 is 14.8 Å². The van der Waals surface area contributed by atoms with Gasteiger partial charge in [-0.3, -0.25) is 14.4 Å². The number of aliphatic hydroxyl groups is 2. The number of amides is 2. The molecule has 38 heavy (non-hydrogen) atoms. The van der Waals surface area contributed by atoms with Crippen LogP contribution in [0.15, 0.2) is 23.8 Å². The van der Waals surface area contributed by atoms with Gasteiger partial charge in [0.1, 0.15) is 18.5 Å². The highest BCUT2D eigenvalue weighted by molar-refractivity contribution is 14.1. The zero-order valence-corrected chi connectivity index (χ0v) is 24.0. The second-order valence-corrected chi connectivity index (χ2v) is 10.8. The maximum Gasteiger partial charge on any atom is 0.247 e. The number of carbonyl (C=O) groups is 3. The standard InChI is InChI=1S/C27H37IN2O8/c1-36-10-8-30(24(33)13-17-5-3-4-6-17)21-14-19(27(35)29-7-9-31)15-22(25(21)34)38-26-20(28)11-18(16-32)12-23(26)37-2/h11-12,15-17,21-22,25,31,34H,3-10,13-14H2,1-2H3,(H,29,35)/t21-,22+,25+/m1/s1. The van der Waals surface area contributed by atoms with Crippen molar-refractivity contribution in [3.05, 3.63) is 32.9 Å². The number of ether oxygens (including phenoxy) is 3. The van der Waals surface area contributed by atoms with Crippen LogP contribution in [0.4, 0.5) is 0 Å². The fourth-order valence-corrected chi connectivity index (χ4v) is 5.83. The molecule has 0 bridgehead atoms. The Hall–Kier alpha value is -2.22. The minimum atomic E-state index is -1.15. The molecule has 0 radical (unpaired) electrons. The molecule has 2 aliphatic carbocycles. The molecule has 10 nitrogen and oxygen atoms in total. The summed E-state index contributed by atoms with van der Waals surface area (Å²) in [4.78, 5) is 39.4. The third-order valence-corrected chi connectivity index (χ3v) is 7.85. The van der Waals surface area contributed by atoms with E-state index in [4.69, 9.17) is 14.2 Å². The Morgan fingerprint density at radius 2 is 1.97 bits per heavy atom. The minimum absolute atomic E-state index is 0.0712. The Bertz CT molecular complexity index is 1010. The molecule has 0 aliphatic heterocycles. The minimum Gasteiger partial charge on any atom is -0.493 e. The lowest BCUT2D eigenvalue weighted by atomic mass is 9.87. The average Bonchev–Trinajstić information content (AvgIpc) is 3.42. The Morgan fingerprint density at radius 1 is 1.24 bits per heavy atom. The van der Waals surface area contributed by atoms with Crippen LogP contribution in [0.5, 0.6) is 11.5 Å². The van der Waals surface area contributed by atoms with Crippen molar-refractivity contribution in [2.24, 2.45) is 5.92 Å². The van der Waals surface area contributed by atoms with Crippen molar-refractivity contribution in [1.82, 2.24) is 10.2 Å². The summed E-state index contributed by atoms with van der Waals surface area (Å²) in [5, 5.41) is 23.4. The monoisotopic (exact) mass is 644 g/mol. The van der Waals surface area contributed by atoms with Gasteiger partial charge in [-0.1, -0.05) is 12.8 Å². The predicted molar refractivity (Wildman–Crippen MR) is 148 cm³/mol. The highest BCUT2D eigenvalue weighted by Gasteiger charge is 2.41. The third kappa shape index (κ3) is 7.67. The topological polar surface area (TPSA) is 135 Å². The highest BCUT2D eigenvalue weighted by Crippen LogP contribution is 2.37. The van der Waals surface area contributed by atoms with Gasteiger partial charge in [-0.2, -0.15) is 0 Å². The number of methoxy groups -OCH3 is 2. The number of halogens is 1. The summed E-state index contributed by atoms with van der Waals surface area (Å²) in [5.74, 6) is 0.441. The summed E-state index contributed by atoms with van der Waals surface area (Å²) in [6.45, 7) is 0.391. The quantitative estimate of drug-likeness (QED) is 0.220. The van der Waals surface area contributed by atoms with E-state index in [1.54, 1.807) is 24.2 Å². The molecule has 3 N–H and O–H groups in total. The summed E-state index contributed by atoms with van der Waals surface area (Å²) < 4.78 is 17.5. The smallest absolute Gasteiger partial charge is 0.247 e. The van der Waals surface area contributed by atoms with Gasteiger partial charge in [0.25, 0.3) is 0 Å². The molecule has 0 spiro atoms. The molecule has 0 saturated heterocycles. The highest BCUT2D eigenvalue weighted by atomic mass is 127. The van der Waals surface area contributed by atoms with E-state index in [1.807, 2.05) is 22.6 Å². The SMILES string of the molecule is COCCN(C(=O)CC1CCCC1)[C@@H]1CC(C(=O)NCCO)=C[C@H](Oc2c(I)cc(C=O)cc2OC)[C@H]1O. The molecule has 1 fully saturated rings. The first kappa shape index (κ1) is 30.3. The predicted octanol–water partition coefficient (Wildman–Crippen LogP) is 2.08. The molecule has 1 aromatic carbocycles. The lowest BCUT2D eigenvalue weighted by Gasteiger charge is -2.41. The number of hydrogen-bond acceptors (Lipinski definition) is 8. The molecular weight excluding hydrogens is 607 g/mol. The van der Waals surface area contributed by atoms with Crippen molar-refractivity contribution in [3.63, 3.8) is 0 Å². The maximum absolute atomic E-state index is 13.5. The number of hydrogen-bond donors (Lipinski definition) is 3. The molecule has 0 aromatic heterocycles. The van der Waals surface area contributed by atoms with Gasteiger partial charge in [0, 0.05) is 44.2 Å². The zero-order chi connectivity index (χ0) is 27.7. The first-order valence-electron chi connectivity index (χ1n) is 12.9. The lowest BCUT2D eigenvalue weighted by Crippen LogP contribution is -2.56. The van der Waals surface area contributed by atoms with E-state index < -0.39 is 24.2 Å². The molecule has 0 unspecified atom stereocenters. The first-order valence-corrected chi connectivity index (χ1v) is 14.0. The zero-order valence-electron chi connectivity index (χ0n) is 21.9. The van der Waals surface area contributed by atoms with Crippen molar-refractivity contribution in [2.75, 3.05) is 40.5 Å². The van der Waals surface area contributed by atoms with Gasteiger partial charge < -0.3 is 34.6 Å². The number of nitrogens with one attached hydrogen (secondary N) is 1. The summed E-state index contributed by atoms with van der Waals surface area (Å²) in [5.41, 5.74) is 0.747. The van der Waals surface area contributed by atoms with Gasteiger partial charge in [0.05, 0.1) is 29.9 Å². The molecular formula is C27H37IN2O8. The van der Waals surface area contributed by atoms with Crippen molar-refractivity contribution < 1.29 is 38.8 Å². The largest absolute Gasteiger partial charge is 0.493 e. The number of aliphatic hydroxyl groups excluding tert-OH is 2. The van der Waals surface area contributed by atoms with E-state index in [0.717, 1.165) is 25.7 Å². The number of benzene rings is 1. The number of rotatable bonds is 13. The Balaban J connectivity index is 1.95. The summed E-state index contributed by atoms with van der Waals surface area (Å²) >= 11 is 2.02. The molecule has 0 heterocycles. The molecule has 1 saturated carbocycles. The fraction of sp³-hybridized carbons (Fsp3) is 0.593.